The maximum absolute atomic E-state index is 11.6. The van der Waals surface area contributed by atoms with Crippen LogP contribution >= 0.6 is 0 Å². The highest BCUT2D eigenvalue weighted by Crippen LogP contribution is 1.99. The molecule has 1 rings (SSSR count). The van der Waals surface area contributed by atoms with Crippen molar-refractivity contribution in [3.8, 4) is 0 Å². The van der Waals surface area contributed by atoms with E-state index >= 15 is 0 Å². The molecule has 1 aromatic rings. The fourth-order valence-corrected chi connectivity index (χ4v) is 1.31. The maximum atomic E-state index is 11.6. The normalized spacial score (nSPS) is 11.0. The highest BCUT2D eigenvalue weighted by Gasteiger charge is 2.10. The lowest BCUT2D eigenvalue weighted by molar-refractivity contribution is -0.124. The number of carbonyl (C=O) groups is 1. The molecule has 90 valence electrons. The molecular formula is C11H19N3O2. The first-order valence-electron chi connectivity index (χ1n) is 5.63. The molecule has 0 unspecified atom stereocenters. The monoisotopic (exact) mass is 225 g/mol. The second-order valence-corrected chi connectivity index (χ2v) is 3.97. The number of aromatic nitrogens is 3. The number of carbonyl (C=O) groups excluding carboxylic acids is 1. The van der Waals surface area contributed by atoms with Crippen molar-refractivity contribution in [2.75, 3.05) is 6.61 Å². The van der Waals surface area contributed by atoms with Gasteiger partial charge in [0, 0.05) is 6.54 Å². The van der Waals surface area contributed by atoms with Crippen molar-refractivity contribution in [1.29, 1.82) is 0 Å². The first-order chi connectivity index (χ1) is 7.63. The SMILES string of the molecule is CCCn1ncnc1CC(=O)COC(C)C. The molecule has 0 aliphatic rings. The summed E-state index contributed by atoms with van der Waals surface area (Å²) in [5.74, 6) is 0.762. The molecule has 0 aromatic carbocycles. The standard InChI is InChI=1S/C11H19N3O2/c1-4-5-14-11(12-8-13-14)6-10(15)7-16-9(2)3/h8-9H,4-7H2,1-3H3. The fourth-order valence-electron chi connectivity index (χ4n) is 1.31. The number of Topliss-reactive ketones (excluding diaryl/α,β-unsaturated/α-hetero) is 1. The molecule has 0 atom stereocenters. The van der Waals surface area contributed by atoms with Crippen LogP contribution in [0.15, 0.2) is 6.33 Å². The molecular weight excluding hydrogens is 206 g/mol. The molecule has 0 amide bonds. The Balaban J connectivity index is 2.46. The molecule has 0 N–H and O–H groups in total. The van der Waals surface area contributed by atoms with E-state index in [-0.39, 0.29) is 18.5 Å². The minimum Gasteiger partial charge on any atom is -0.371 e. The summed E-state index contributed by atoms with van der Waals surface area (Å²) < 4.78 is 7.02. The quantitative estimate of drug-likeness (QED) is 0.700. The zero-order chi connectivity index (χ0) is 12.0. The third-order valence-corrected chi connectivity index (χ3v) is 2.06. The molecule has 0 aliphatic carbocycles. The second kappa shape index (κ2) is 6.37. The number of rotatable bonds is 7. The highest BCUT2D eigenvalue weighted by molar-refractivity contribution is 5.81. The Labute approximate surface area is 95.8 Å². The van der Waals surface area contributed by atoms with Crippen molar-refractivity contribution < 1.29 is 9.53 Å². The summed E-state index contributed by atoms with van der Waals surface area (Å²) >= 11 is 0. The van der Waals surface area contributed by atoms with E-state index in [1.165, 1.54) is 6.33 Å². The smallest absolute Gasteiger partial charge is 0.166 e. The first kappa shape index (κ1) is 12.8. The summed E-state index contributed by atoms with van der Waals surface area (Å²) in [6.45, 7) is 6.83. The van der Waals surface area contributed by atoms with Crippen molar-refractivity contribution in [3.05, 3.63) is 12.2 Å². The van der Waals surface area contributed by atoms with Crippen LogP contribution in [0.3, 0.4) is 0 Å². The average molecular weight is 225 g/mol. The van der Waals surface area contributed by atoms with Gasteiger partial charge in [0.15, 0.2) is 5.78 Å². The minimum absolute atomic E-state index is 0.0408. The van der Waals surface area contributed by atoms with E-state index in [1.54, 1.807) is 4.68 Å². The van der Waals surface area contributed by atoms with Gasteiger partial charge < -0.3 is 4.74 Å². The van der Waals surface area contributed by atoms with Crippen molar-refractivity contribution in [1.82, 2.24) is 14.8 Å². The molecule has 5 nitrogen and oxygen atoms in total. The Morgan fingerprint density at radius 2 is 2.31 bits per heavy atom. The fraction of sp³-hybridized carbons (Fsp3) is 0.727. The summed E-state index contributed by atoms with van der Waals surface area (Å²) in [4.78, 5) is 15.6. The Morgan fingerprint density at radius 1 is 1.56 bits per heavy atom. The Hall–Kier alpha value is -1.23. The molecule has 0 aliphatic heterocycles. The number of hydrogen-bond donors (Lipinski definition) is 0. The number of ether oxygens (including phenoxy) is 1. The zero-order valence-corrected chi connectivity index (χ0v) is 10.1. The van der Waals surface area contributed by atoms with Crippen LogP contribution in [0.2, 0.25) is 0 Å². The second-order valence-electron chi connectivity index (χ2n) is 3.97. The Morgan fingerprint density at radius 3 is 2.94 bits per heavy atom. The van der Waals surface area contributed by atoms with Gasteiger partial charge in [0.05, 0.1) is 12.5 Å². The molecule has 0 spiro atoms. The molecule has 0 saturated carbocycles. The Bertz CT molecular complexity index is 334. The number of nitrogens with zero attached hydrogens (tertiary/aromatic N) is 3. The first-order valence-corrected chi connectivity index (χ1v) is 5.63. The third-order valence-electron chi connectivity index (χ3n) is 2.06. The maximum Gasteiger partial charge on any atom is 0.166 e. The third kappa shape index (κ3) is 4.10. The van der Waals surface area contributed by atoms with Crippen LogP contribution in [-0.4, -0.2) is 33.3 Å². The lowest BCUT2D eigenvalue weighted by Gasteiger charge is -2.07. The van der Waals surface area contributed by atoms with Crippen LogP contribution in [0.4, 0.5) is 0 Å². The summed E-state index contributed by atoms with van der Waals surface area (Å²) in [7, 11) is 0. The van der Waals surface area contributed by atoms with E-state index in [0.717, 1.165) is 18.8 Å². The lowest BCUT2D eigenvalue weighted by Crippen LogP contribution is -2.18. The van der Waals surface area contributed by atoms with Gasteiger partial charge in [-0.15, -0.1) is 0 Å². The van der Waals surface area contributed by atoms with E-state index in [2.05, 4.69) is 17.0 Å². The van der Waals surface area contributed by atoms with Crippen LogP contribution in [0.1, 0.15) is 33.0 Å². The predicted molar refractivity (Wildman–Crippen MR) is 60.1 cm³/mol. The van der Waals surface area contributed by atoms with Crippen molar-refractivity contribution in [3.63, 3.8) is 0 Å². The van der Waals surface area contributed by atoms with Gasteiger partial charge in [0.2, 0.25) is 0 Å². The van der Waals surface area contributed by atoms with E-state index in [9.17, 15) is 4.79 Å². The van der Waals surface area contributed by atoms with Crippen LogP contribution in [0, 0.1) is 0 Å². The van der Waals surface area contributed by atoms with Gasteiger partial charge in [-0.1, -0.05) is 6.92 Å². The largest absolute Gasteiger partial charge is 0.371 e. The van der Waals surface area contributed by atoms with Gasteiger partial charge >= 0.3 is 0 Å². The van der Waals surface area contributed by atoms with Crippen LogP contribution in [0.5, 0.6) is 0 Å². The van der Waals surface area contributed by atoms with Gasteiger partial charge in [-0.2, -0.15) is 5.10 Å². The summed E-state index contributed by atoms with van der Waals surface area (Å²) in [6.07, 6.45) is 2.85. The molecule has 1 aromatic heterocycles. The van der Waals surface area contributed by atoms with Crippen LogP contribution < -0.4 is 0 Å². The summed E-state index contributed by atoms with van der Waals surface area (Å²) in [6, 6.07) is 0. The Kier molecular flexibility index (Phi) is 5.11. The number of hydrogen-bond acceptors (Lipinski definition) is 4. The van der Waals surface area contributed by atoms with Crippen LogP contribution in [0.25, 0.3) is 0 Å². The average Bonchev–Trinajstić information content (AvgIpc) is 2.63. The number of ketones is 1. The zero-order valence-electron chi connectivity index (χ0n) is 10.1. The lowest BCUT2D eigenvalue weighted by atomic mass is 10.3. The van der Waals surface area contributed by atoms with Gasteiger partial charge in [0.1, 0.15) is 18.8 Å². The van der Waals surface area contributed by atoms with Gasteiger partial charge in [-0.25, -0.2) is 9.67 Å². The molecule has 16 heavy (non-hydrogen) atoms. The summed E-state index contributed by atoms with van der Waals surface area (Å²) in [5.41, 5.74) is 0. The molecule has 0 fully saturated rings. The van der Waals surface area contributed by atoms with E-state index in [1.807, 2.05) is 13.8 Å². The van der Waals surface area contributed by atoms with Crippen molar-refractivity contribution in [2.45, 2.75) is 46.3 Å². The van der Waals surface area contributed by atoms with E-state index < -0.39 is 0 Å². The highest BCUT2D eigenvalue weighted by atomic mass is 16.5. The molecule has 0 radical (unpaired) electrons. The van der Waals surface area contributed by atoms with E-state index in [0.29, 0.717) is 6.42 Å². The molecule has 1 heterocycles. The van der Waals surface area contributed by atoms with E-state index in [4.69, 9.17) is 4.74 Å². The van der Waals surface area contributed by atoms with Crippen LogP contribution in [-0.2, 0) is 22.5 Å². The van der Waals surface area contributed by atoms with Gasteiger partial charge in [-0.3, -0.25) is 4.79 Å². The van der Waals surface area contributed by atoms with Gasteiger partial charge in [-0.05, 0) is 20.3 Å². The number of aryl methyl sites for hydroxylation is 1. The molecule has 5 heteroatoms. The summed E-state index contributed by atoms with van der Waals surface area (Å²) in [5, 5.41) is 4.07. The molecule has 0 saturated heterocycles. The predicted octanol–water partition coefficient (Wildman–Crippen LogP) is 1.22. The topological polar surface area (TPSA) is 57.0 Å². The molecule has 0 bridgehead atoms. The van der Waals surface area contributed by atoms with Gasteiger partial charge in [0.25, 0.3) is 0 Å². The van der Waals surface area contributed by atoms with Crippen molar-refractivity contribution >= 4 is 5.78 Å². The minimum atomic E-state index is 0.0408. The van der Waals surface area contributed by atoms with Crippen molar-refractivity contribution in [2.24, 2.45) is 0 Å².